The quantitative estimate of drug-likeness (QED) is 0.893. The predicted molar refractivity (Wildman–Crippen MR) is 80.0 cm³/mol. The van der Waals surface area contributed by atoms with Gasteiger partial charge in [0, 0.05) is 31.2 Å². The third kappa shape index (κ3) is 2.95. The van der Waals surface area contributed by atoms with E-state index in [2.05, 4.69) is 21.3 Å². The second-order valence-electron chi connectivity index (χ2n) is 6.66. The van der Waals surface area contributed by atoms with E-state index in [4.69, 9.17) is 4.98 Å². The zero-order valence-corrected chi connectivity index (χ0v) is 12.1. The van der Waals surface area contributed by atoms with Crippen molar-refractivity contribution in [3.63, 3.8) is 0 Å². The minimum atomic E-state index is 0.646. The molecule has 0 atom stereocenters. The van der Waals surface area contributed by atoms with Gasteiger partial charge in [-0.2, -0.15) is 0 Å². The molecule has 1 saturated heterocycles. The van der Waals surface area contributed by atoms with Crippen LogP contribution in [0.15, 0.2) is 12.3 Å². The molecule has 0 aromatic carbocycles. The van der Waals surface area contributed by atoms with Gasteiger partial charge in [0.15, 0.2) is 0 Å². The van der Waals surface area contributed by atoms with E-state index in [-0.39, 0.29) is 0 Å². The third-order valence-corrected chi connectivity index (χ3v) is 4.81. The summed E-state index contributed by atoms with van der Waals surface area (Å²) in [5.74, 6) is 3.84. The molecule has 0 unspecified atom stereocenters. The van der Waals surface area contributed by atoms with Crippen LogP contribution in [0.2, 0.25) is 0 Å². The summed E-state index contributed by atoms with van der Waals surface area (Å²) in [5.41, 5.74) is 0. The molecular formula is C16H24N4. The predicted octanol–water partition coefficient (Wildman–Crippen LogP) is 2.32. The highest BCUT2D eigenvalue weighted by Gasteiger charge is 2.28. The van der Waals surface area contributed by atoms with Gasteiger partial charge in [0.1, 0.15) is 11.6 Å². The van der Waals surface area contributed by atoms with Crippen LogP contribution in [0.5, 0.6) is 0 Å². The SMILES string of the molecule is c1cc(N2CCC(NCC3CC3)CC2)nc(C2CC2)n1. The maximum absolute atomic E-state index is 4.76. The van der Waals surface area contributed by atoms with Crippen molar-refractivity contribution in [3.05, 3.63) is 18.1 Å². The van der Waals surface area contributed by atoms with Gasteiger partial charge in [0.2, 0.25) is 0 Å². The molecule has 0 radical (unpaired) electrons. The van der Waals surface area contributed by atoms with Crippen molar-refractivity contribution in [2.24, 2.45) is 5.92 Å². The van der Waals surface area contributed by atoms with Crippen LogP contribution in [0, 0.1) is 5.92 Å². The first-order valence-electron chi connectivity index (χ1n) is 8.20. The summed E-state index contributed by atoms with van der Waals surface area (Å²) >= 11 is 0. The molecule has 1 N–H and O–H groups in total. The van der Waals surface area contributed by atoms with Gasteiger partial charge in [-0.05, 0) is 57.1 Å². The van der Waals surface area contributed by atoms with E-state index in [0.717, 1.165) is 36.7 Å². The fourth-order valence-corrected chi connectivity index (χ4v) is 3.05. The number of piperidine rings is 1. The lowest BCUT2D eigenvalue weighted by atomic mass is 10.0. The van der Waals surface area contributed by atoms with Gasteiger partial charge in [0.05, 0.1) is 0 Å². The lowest BCUT2D eigenvalue weighted by molar-refractivity contribution is 0.407. The number of hydrogen-bond acceptors (Lipinski definition) is 4. The standard InChI is InChI=1S/C16H24N4/c1-2-12(1)11-18-14-6-9-20(10-7-14)15-5-8-17-16(19-15)13-3-4-13/h5,8,12-14,18H,1-4,6-7,9-11H2. The molecule has 4 rings (SSSR count). The molecule has 20 heavy (non-hydrogen) atoms. The minimum absolute atomic E-state index is 0.646. The van der Waals surface area contributed by atoms with E-state index in [1.54, 1.807) is 0 Å². The molecule has 3 fully saturated rings. The molecule has 4 heteroatoms. The Balaban J connectivity index is 1.32. The van der Waals surface area contributed by atoms with Gasteiger partial charge in [-0.25, -0.2) is 9.97 Å². The summed E-state index contributed by atoms with van der Waals surface area (Å²) in [6.45, 7) is 3.50. The van der Waals surface area contributed by atoms with Crippen molar-refractivity contribution < 1.29 is 0 Å². The summed E-state index contributed by atoms with van der Waals surface area (Å²) in [7, 11) is 0. The number of nitrogens with zero attached hydrogens (tertiary/aromatic N) is 3. The van der Waals surface area contributed by atoms with E-state index < -0.39 is 0 Å². The molecule has 0 bridgehead atoms. The normalized spacial score (nSPS) is 24.1. The van der Waals surface area contributed by atoms with E-state index in [1.807, 2.05) is 6.20 Å². The lowest BCUT2D eigenvalue weighted by Crippen LogP contribution is -2.43. The second-order valence-corrected chi connectivity index (χ2v) is 6.66. The lowest BCUT2D eigenvalue weighted by Gasteiger charge is -2.33. The Morgan fingerprint density at radius 3 is 2.60 bits per heavy atom. The Hall–Kier alpha value is -1.16. The third-order valence-electron chi connectivity index (χ3n) is 4.81. The largest absolute Gasteiger partial charge is 0.356 e. The summed E-state index contributed by atoms with van der Waals surface area (Å²) in [6.07, 6.45) is 9.86. The molecule has 2 saturated carbocycles. The van der Waals surface area contributed by atoms with Crippen LogP contribution >= 0.6 is 0 Å². The fraction of sp³-hybridized carbons (Fsp3) is 0.750. The summed E-state index contributed by atoms with van der Waals surface area (Å²) < 4.78 is 0. The Bertz CT molecular complexity index is 459. The smallest absolute Gasteiger partial charge is 0.133 e. The van der Waals surface area contributed by atoms with Crippen molar-refractivity contribution in [3.8, 4) is 0 Å². The van der Waals surface area contributed by atoms with E-state index in [1.165, 1.54) is 45.1 Å². The number of anilines is 1. The average Bonchev–Trinajstić information content (AvgIpc) is 3.40. The van der Waals surface area contributed by atoms with Gasteiger partial charge in [-0.3, -0.25) is 0 Å². The molecule has 2 heterocycles. The Morgan fingerprint density at radius 1 is 1.10 bits per heavy atom. The summed E-state index contributed by atoms with van der Waals surface area (Å²) in [6, 6.07) is 2.79. The van der Waals surface area contributed by atoms with Gasteiger partial charge < -0.3 is 10.2 Å². The molecule has 0 amide bonds. The van der Waals surface area contributed by atoms with Crippen LogP contribution in [0.1, 0.15) is 50.3 Å². The van der Waals surface area contributed by atoms with Crippen molar-refractivity contribution >= 4 is 5.82 Å². The first-order chi connectivity index (χ1) is 9.88. The van der Waals surface area contributed by atoms with Crippen LogP contribution in [-0.4, -0.2) is 35.6 Å². The minimum Gasteiger partial charge on any atom is -0.356 e. The Kier molecular flexibility index (Phi) is 3.34. The monoisotopic (exact) mass is 272 g/mol. The van der Waals surface area contributed by atoms with Gasteiger partial charge in [-0.15, -0.1) is 0 Å². The number of rotatable bonds is 5. The van der Waals surface area contributed by atoms with Gasteiger partial charge in [-0.1, -0.05) is 0 Å². The zero-order chi connectivity index (χ0) is 13.4. The molecule has 2 aliphatic carbocycles. The van der Waals surface area contributed by atoms with E-state index in [9.17, 15) is 0 Å². The maximum Gasteiger partial charge on any atom is 0.133 e. The molecule has 4 nitrogen and oxygen atoms in total. The fourth-order valence-electron chi connectivity index (χ4n) is 3.05. The van der Waals surface area contributed by atoms with Gasteiger partial charge in [0.25, 0.3) is 0 Å². The molecule has 0 spiro atoms. The number of nitrogens with one attached hydrogen (secondary N) is 1. The summed E-state index contributed by atoms with van der Waals surface area (Å²) in [5, 5.41) is 3.74. The maximum atomic E-state index is 4.76. The van der Waals surface area contributed by atoms with Crippen LogP contribution in [0.4, 0.5) is 5.82 Å². The van der Waals surface area contributed by atoms with E-state index in [0.29, 0.717) is 5.92 Å². The highest BCUT2D eigenvalue weighted by atomic mass is 15.2. The van der Waals surface area contributed by atoms with Crippen molar-refractivity contribution in [2.45, 2.75) is 50.5 Å². The first-order valence-corrected chi connectivity index (χ1v) is 8.20. The first kappa shape index (κ1) is 12.6. The van der Waals surface area contributed by atoms with Crippen LogP contribution in [0.25, 0.3) is 0 Å². The van der Waals surface area contributed by atoms with Crippen LogP contribution < -0.4 is 10.2 Å². The van der Waals surface area contributed by atoms with Crippen molar-refractivity contribution in [1.82, 2.24) is 15.3 Å². The molecule has 1 aromatic rings. The van der Waals surface area contributed by atoms with Gasteiger partial charge >= 0.3 is 0 Å². The Labute approximate surface area is 121 Å². The van der Waals surface area contributed by atoms with Crippen LogP contribution in [0.3, 0.4) is 0 Å². The molecule has 1 aliphatic heterocycles. The summed E-state index contributed by atoms with van der Waals surface area (Å²) in [4.78, 5) is 11.6. The average molecular weight is 272 g/mol. The highest BCUT2D eigenvalue weighted by molar-refractivity contribution is 5.38. The number of hydrogen-bond donors (Lipinski definition) is 1. The molecule has 108 valence electrons. The molecular weight excluding hydrogens is 248 g/mol. The zero-order valence-electron chi connectivity index (χ0n) is 12.1. The Morgan fingerprint density at radius 2 is 1.90 bits per heavy atom. The van der Waals surface area contributed by atoms with Crippen molar-refractivity contribution in [1.29, 1.82) is 0 Å². The number of aromatic nitrogens is 2. The second kappa shape index (κ2) is 5.32. The molecule has 1 aromatic heterocycles. The van der Waals surface area contributed by atoms with Crippen molar-refractivity contribution in [2.75, 3.05) is 24.5 Å². The van der Waals surface area contributed by atoms with E-state index >= 15 is 0 Å². The highest BCUT2D eigenvalue weighted by Crippen LogP contribution is 2.38. The van der Waals surface area contributed by atoms with Crippen LogP contribution in [-0.2, 0) is 0 Å². The molecule has 3 aliphatic rings. The topological polar surface area (TPSA) is 41.0 Å².